The van der Waals surface area contributed by atoms with Crippen LogP contribution in [-0.4, -0.2) is 33.5 Å². The van der Waals surface area contributed by atoms with E-state index in [1.54, 1.807) is 18.5 Å². The van der Waals surface area contributed by atoms with Crippen LogP contribution in [0.3, 0.4) is 0 Å². The van der Waals surface area contributed by atoms with Crippen LogP contribution >= 0.6 is 11.6 Å². The first-order chi connectivity index (χ1) is 13.1. The number of aromatic nitrogens is 3. The lowest BCUT2D eigenvalue weighted by Crippen LogP contribution is -2.40. The monoisotopic (exact) mass is 387 g/mol. The predicted octanol–water partition coefficient (Wildman–Crippen LogP) is 3.23. The number of imidazole rings is 1. The van der Waals surface area contributed by atoms with Crippen LogP contribution in [-0.2, 0) is 17.9 Å². The molecule has 1 amide bonds. The number of carbonyl (C=O) groups is 1. The van der Waals surface area contributed by atoms with Crippen LogP contribution in [0.25, 0.3) is 11.1 Å². The molecule has 0 spiro atoms. The van der Waals surface area contributed by atoms with Gasteiger partial charge >= 0.3 is 0 Å². The van der Waals surface area contributed by atoms with Gasteiger partial charge in [0, 0.05) is 42.8 Å². The predicted molar refractivity (Wildman–Crippen MR) is 104 cm³/mol. The Morgan fingerprint density at radius 1 is 1.37 bits per heavy atom. The van der Waals surface area contributed by atoms with E-state index >= 15 is 0 Å². The zero-order chi connectivity index (χ0) is 18.8. The minimum atomic E-state index is 0.00772. The Balaban J connectivity index is 1.31. The van der Waals surface area contributed by atoms with E-state index in [0.717, 1.165) is 43.7 Å². The van der Waals surface area contributed by atoms with Crippen molar-refractivity contribution in [2.75, 3.05) is 18.0 Å². The van der Waals surface area contributed by atoms with Crippen molar-refractivity contribution in [1.29, 1.82) is 0 Å². The number of oxazole rings is 1. The average molecular weight is 388 g/mol. The van der Waals surface area contributed by atoms with Crippen molar-refractivity contribution in [2.45, 2.75) is 32.9 Å². The van der Waals surface area contributed by atoms with Gasteiger partial charge in [0.25, 0.3) is 6.01 Å². The van der Waals surface area contributed by atoms with Crippen LogP contribution in [0.15, 0.2) is 35.1 Å². The van der Waals surface area contributed by atoms with Gasteiger partial charge in [0.1, 0.15) is 5.52 Å². The maximum Gasteiger partial charge on any atom is 0.298 e. The summed E-state index contributed by atoms with van der Waals surface area (Å²) in [6, 6.07) is 6.02. The van der Waals surface area contributed by atoms with Crippen molar-refractivity contribution < 1.29 is 9.21 Å². The van der Waals surface area contributed by atoms with Crippen molar-refractivity contribution in [3.05, 3.63) is 41.4 Å². The Morgan fingerprint density at radius 2 is 2.19 bits per heavy atom. The molecule has 3 heterocycles. The third kappa shape index (κ3) is 3.93. The Kier molecular flexibility index (Phi) is 5.03. The van der Waals surface area contributed by atoms with E-state index in [-0.39, 0.29) is 11.8 Å². The first-order valence-corrected chi connectivity index (χ1v) is 9.59. The van der Waals surface area contributed by atoms with Gasteiger partial charge in [-0.05, 0) is 31.9 Å². The number of fused-ring (bicyclic) bond motifs is 1. The summed E-state index contributed by atoms with van der Waals surface area (Å²) in [4.78, 5) is 23.4. The molecule has 1 aliphatic heterocycles. The van der Waals surface area contributed by atoms with Crippen LogP contribution in [0.5, 0.6) is 0 Å². The minimum absolute atomic E-state index is 0.00772. The van der Waals surface area contributed by atoms with Crippen LogP contribution in [0.2, 0.25) is 5.02 Å². The SMILES string of the molecule is CCn1cnc(CNC(=O)C2CCN(c3nc4ccc(Cl)cc4o3)CC2)c1. The standard InChI is InChI=1S/C19H22ClN5O2/c1-2-24-11-15(22-12-24)10-21-18(26)13-5-7-25(8-6-13)19-23-16-4-3-14(20)9-17(16)27-19/h3-4,9,11-13H,2,5-8,10H2,1H3,(H,21,26). The van der Waals surface area contributed by atoms with Gasteiger partial charge in [-0.15, -0.1) is 0 Å². The molecule has 0 atom stereocenters. The number of anilines is 1. The van der Waals surface area contributed by atoms with E-state index in [0.29, 0.717) is 23.2 Å². The van der Waals surface area contributed by atoms with Crippen molar-refractivity contribution in [3.63, 3.8) is 0 Å². The number of piperidine rings is 1. The molecule has 0 saturated carbocycles. The molecule has 1 aromatic carbocycles. The normalized spacial score (nSPS) is 15.4. The molecular formula is C19H22ClN5O2. The number of aryl methyl sites for hydroxylation is 1. The van der Waals surface area contributed by atoms with Gasteiger partial charge in [-0.1, -0.05) is 11.6 Å². The molecule has 4 rings (SSSR count). The lowest BCUT2D eigenvalue weighted by molar-refractivity contribution is -0.125. The molecule has 27 heavy (non-hydrogen) atoms. The molecule has 3 aromatic rings. The summed E-state index contributed by atoms with van der Waals surface area (Å²) < 4.78 is 7.82. The molecule has 1 saturated heterocycles. The van der Waals surface area contributed by atoms with E-state index in [1.807, 2.05) is 16.8 Å². The molecule has 1 aliphatic rings. The Hall–Kier alpha value is -2.54. The van der Waals surface area contributed by atoms with Gasteiger partial charge in [-0.3, -0.25) is 4.79 Å². The second-order valence-electron chi connectivity index (χ2n) is 6.78. The Bertz CT molecular complexity index is 943. The molecule has 0 aliphatic carbocycles. The zero-order valence-electron chi connectivity index (χ0n) is 15.2. The van der Waals surface area contributed by atoms with Crippen molar-refractivity contribution in [2.24, 2.45) is 5.92 Å². The second-order valence-corrected chi connectivity index (χ2v) is 7.22. The lowest BCUT2D eigenvalue weighted by Gasteiger charge is -2.30. The molecule has 1 N–H and O–H groups in total. The summed E-state index contributed by atoms with van der Waals surface area (Å²) in [5.41, 5.74) is 2.36. The highest BCUT2D eigenvalue weighted by Gasteiger charge is 2.27. The summed E-state index contributed by atoms with van der Waals surface area (Å²) in [5, 5.41) is 3.63. The summed E-state index contributed by atoms with van der Waals surface area (Å²) in [5.74, 6) is 0.0957. The number of rotatable bonds is 5. The van der Waals surface area contributed by atoms with Gasteiger partial charge in [0.2, 0.25) is 5.91 Å². The quantitative estimate of drug-likeness (QED) is 0.727. The van der Waals surface area contributed by atoms with Crippen LogP contribution in [0.1, 0.15) is 25.5 Å². The first kappa shape index (κ1) is 17.9. The number of benzene rings is 1. The zero-order valence-corrected chi connectivity index (χ0v) is 15.9. The average Bonchev–Trinajstić information content (AvgIpc) is 3.32. The van der Waals surface area contributed by atoms with E-state index in [4.69, 9.17) is 16.0 Å². The summed E-state index contributed by atoms with van der Waals surface area (Å²) >= 11 is 6.00. The van der Waals surface area contributed by atoms with E-state index in [1.165, 1.54) is 0 Å². The fourth-order valence-electron chi connectivity index (χ4n) is 3.35. The number of nitrogens with zero attached hydrogens (tertiary/aromatic N) is 4. The van der Waals surface area contributed by atoms with Gasteiger partial charge in [-0.2, -0.15) is 4.98 Å². The maximum absolute atomic E-state index is 12.5. The number of halogens is 1. The van der Waals surface area contributed by atoms with E-state index < -0.39 is 0 Å². The molecule has 0 unspecified atom stereocenters. The Morgan fingerprint density at radius 3 is 2.93 bits per heavy atom. The van der Waals surface area contributed by atoms with Crippen LogP contribution in [0.4, 0.5) is 6.01 Å². The summed E-state index contributed by atoms with van der Waals surface area (Å²) in [6.07, 6.45) is 5.29. The topological polar surface area (TPSA) is 76.2 Å². The van der Waals surface area contributed by atoms with Crippen LogP contribution < -0.4 is 10.2 Å². The third-order valence-electron chi connectivity index (χ3n) is 4.97. The number of hydrogen-bond donors (Lipinski definition) is 1. The third-order valence-corrected chi connectivity index (χ3v) is 5.21. The fraction of sp³-hybridized carbons (Fsp3) is 0.421. The molecule has 8 heteroatoms. The smallest absolute Gasteiger partial charge is 0.298 e. The van der Waals surface area contributed by atoms with Crippen molar-refractivity contribution in [1.82, 2.24) is 19.9 Å². The molecule has 142 valence electrons. The summed E-state index contributed by atoms with van der Waals surface area (Å²) in [7, 11) is 0. The van der Waals surface area contributed by atoms with Gasteiger partial charge in [-0.25, -0.2) is 4.98 Å². The van der Waals surface area contributed by atoms with Crippen molar-refractivity contribution in [3.8, 4) is 0 Å². The molecule has 0 radical (unpaired) electrons. The number of hydrogen-bond acceptors (Lipinski definition) is 5. The van der Waals surface area contributed by atoms with Gasteiger partial charge in [0.15, 0.2) is 5.58 Å². The van der Waals surface area contributed by atoms with E-state index in [2.05, 4.69) is 27.1 Å². The fourth-order valence-corrected chi connectivity index (χ4v) is 3.51. The first-order valence-electron chi connectivity index (χ1n) is 9.22. The van der Waals surface area contributed by atoms with Gasteiger partial charge in [0.05, 0.1) is 18.6 Å². The number of amides is 1. The highest BCUT2D eigenvalue weighted by atomic mass is 35.5. The number of carbonyl (C=O) groups excluding carboxylic acids is 1. The minimum Gasteiger partial charge on any atom is -0.423 e. The largest absolute Gasteiger partial charge is 0.423 e. The van der Waals surface area contributed by atoms with E-state index in [9.17, 15) is 4.79 Å². The molecule has 1 fully saturated rings. The second kappa shape index (κ2) is 7.60. The van der Waals surface area contributed by atoms with Crippen LogP contribution in [0, 0.1) is 5.92 Å². The molecule has 7 nitrogen and oxygen atoms in total. The molecule has 0 bridgehead atoms. The maximum atomic E-state index is 12.5. The highest BCUT2D eigenvalue weighted by molar-refractivity contribution is 6.31. The summed E-state index contributed by atoms with van der Waals surface area (Å²) in [6.45, 7) is 4.88. The highest BCUT2D eigenvalue weighted by Crippen LogP contribution is 2.28. The lowest BCUT2D eigenvalue weighted by atomic mass is 9.96. The number of nitrogens with one attached hydrogen (secondary N) is 1. The van der Waals surface area contributed by atoms with Crippen molar-refractivity contribution >= 4 is 34.6 Å². The van der Waals surface area contributed by atoms with Gasteiger partial charge < -0.3 is 19.2 Å². The molecule has 2 aromatic heterocycles. The molecular weight excluding hydrogens is 366 g/mol. The Labute approximate surface area is 162 Å².